The molecule has 2 aliphatic rings. The van der Waals surface area contributed by atoms with Gasteiger partial charge in [-0.05, 0) is 62.0 Å². The standard InChI is InChI=1S/C25H38FN3S2/c1-3-20-9-4-5-10-21(12-6-11-20)13-8-16-27-25-29(19(2)18-31-25)24(30)28-23-15-7-14-22(26)17-23/h7,14-15,17,19-21H,3-6,8-13,16,18H2,1-2H3,(H,28,30)/b27-25+. The van der Waals surface area contributed by atoms with Crippen LogP contribution < -0.4 is 5.32 Å². The van der Waals surface area contributed by atoms with Gasteiger partial charge in [0.1, 0.15) is 5.82 Å². The van der Waals surface area contributed by atoms with Crippen molar-refractivity contribution in [2.24, 2.45) is 16.8 Å². The van der Waals surface area contributed by atoms with Crippen LogP contribution in [0.2, 0.25) is 0 Å². The van der Waals surface area contributed by atoms with Gasteiger partial charge in [0.25, 0.3) is 0 Å². The number of benzene rings is 1. The van der Waals surface area contributed by atoms with Gasteiger partial charge in [0, 0.05) is 24.0 Å². The SMILES string of the molecule is CCC1CCCCC(CCC/N=C2/SCC(C)N2C(=S)Nc2cccc(F)c2)CCC1. The van der Waals surface area contributed by atoms with Crippen molar-refractivity contribution < 1.29 is 4.39 Å². The second kappa shape index (κ2) is 12.8. The molecule has 1 aromatic rings. The van der Waals surface area contributed by atoms with Crippen LogP contribution in [-0.2, 0) is 0 Å². The van der Waals surface area contributed by atoms with Gasteiger partial charge in [0.2, 0.25) is 0 Å². The number of rotatable bonds is 6. The number of halogens is 1. The largest absolute Gasteiger partial charge is 0.332 e. The van der Waals surface area contributed by atoms with E-state index in [1.54, 1.807) is 17.8 Å². The third-order valence-corrected chi connectivity index (χ3v) is 8.22. The molecule has 0 bridgehead atoms. The first kappa shape index (κ1) is 24.5. The highest BCUT2D eigenvalue weighted by Crippen LogP contribution is 2.30. The molecule has 1 saturated heterocycles. The van der Waals surface area contributed by atoms with Gasteiger partial charge in [-0.15, -0.1) is 0 Å². The molecule has 6 heteroatoms. The number of nitrogens with one attached hydrogen (secondary N) is 1. The molecule has 1 N–H and O–H groups in total. The van der Waals surface area contributed by atoms with Gasteiger partial charge < -0.3 is 5.32 Å². The van der Waals surface area contributed by atoms with E-state index in [9.17, 15) is 4.39 Å². The number of thiocarbonyl (C=S) groups is 1. The van der Waals surface area contributed by atoms with E-state index in [1.165, 1.54) is 69.9 Å². The van der Waals surface area contributed by atoms with Gasteiger partial charge in [-0.1, -0.05) is 76.1 Å². The summed E-state index contributed by atoms with van der Waals surface area (Å²) in [6, 6.07) is 6.72. The highest BCUT2D eigenvalue weighted by Gasteiger charge is 2.30. The van der Waals surface area contributed by atoms with E-state index in [2.05, 4.69) is 24.1 Å². The molecule has 0 aromatic heterocycles. The van der Waals surface area contributed by atoms with Crippen molar-refractivity contribution >= 4 is 39.9 Å². The van der Waals surface area contributed by atoms with Crippen LogP contribution in [0.3, 0.4) is 0 Å². The summed E-state index contributed by atoms with van der Waals surface area (Å²) in [5, 5.41) is 4.78. The number of aliphatic imine (C=N–C) groups is 1. The summed E-state index contributed by atoms with van der Waals surface area (Å²) in [5.74, 6) is 2.55. The quantitative estimate of drug-likeness (QED) is 0.349. The summed E-state index contributed by atoms with van der Waals surface area (Å²) >= 11 is 7.41. The van der Waals surface area contributed by atoms with E-state index in [4.69, 9.17) is 17.2 Å². The lowest BCUT2D eigenvalue weighted by molar-refractivity contribution is 0.383. The zero-order valence-corrected chi connectivity index (χ0v) is 20.7. The molecule has 2 fully saturated rings. The fourth-order valence-electron chi connectivity index (χ4n) is 4.79. The molecule has 1 heterocycles. The predicted molar refractivity (Wildman–Crippen MR) is 138 cm³/mol. The fraction of sp³-hybridized carbons (Fsp3) is 0.680. The van der Waals surface area contributed by atoms with E-state index < -0.39 is 0 Å². The Morgan fingerprint density at radius 1 is 1.19 bits per heavy atom. The Morgan fingerprint density at radius 3 is 2.71 bits per heavy atom. The molecule has 0 amide bonds. The van der Waals surface area contributed by atoms with E-state index in [0.29, 0.717) is 10.8 Å². The Morgan fingerprint density at radius 2 is 1.94 bits per heavy atom. The van der Waals surface area contributed by atoms with Gasteiger partial charge in [-0.2, -0.15) is 0 Å². The van der Waals surface area contributed by atoms with Crippen molar-refractivity contribution in [3.8, 4) is 0 Å². The molecule has 3 atom stereocenters. The molecule has 3 nitrogen and oxygen atoms in total. The average Bonchev–Trinajstić information content (AvgIpc) is 3.16. The minimum Gasteiger partial charge on any atom is -0.332 e. The first-order valence-electron chi connectivity index (χ1n) is 12.1. The Balaban J connectivity index is 1.48. The molecular formula is C25H38FN3S2. The van der Waals surface area contributed by atoms with Gasteiger partial charge >= 0.3 is 0 Å². The summed E-state index contributed by atoms with van der Waals surface area (Å²) in [5.41, 5.74) is 0.680. The van der Waals surface area contributed by atoms with Gasteiger partial charge in [0.15, 0.2) is 10.3 Å². The van der Waals surface area contributed by atoms with Crippen LogP contribution in [0.25, 0.3) is 0 Å². The van der Waals surface area contributed by atoms with Gasteiger partial charge in [-0.25, -0.2) is 4.39 Å². The minimum atomic E-state index is -0.263. The first-order valence-corrected chi connectivity index (χ1v) is 13.5. The van der Waals surface area contributed by atoms with Crippen LogP contribution >= 0.6 is 24.0 Å². The molecule has 1 saturated carbocycles. The monoisotopic (exact) mass is 463 g/mol. The Kier molecular flexibility index (Phi) is 10.1. The summed E-state index contributed by atoms with van der Waals surface area (Å²) in [7, 11) is 0. The minimum absolute atomic E-state index is 0.263. The molecule has 172 valence electrons. The lowest BCUT2D eigenvalue weighted by atomic mass is 9.91. The Labute approximate surface area is 197 Å². The van der Waals surface area contributed by atoms with Crippen LogP contribution in [0.5, 0.6) is 0 Å². The highest BCUT2D eigenvalue weighted by molar-refractivity contribution is 8.14. The van der Waals surface area contributed by atoms with Crippen LogP contribution in [0, 0.1) is 17.7 Å². The molecule has 3 unspecified atom stereocenters. The number of anilines is 1. The average molecular weight is 464 g/mol. The number of thioether (sulfide) groups is 1. The maximum absolute atomic E-state index is 13.5. The van der Waals surface area contributed by atoms with Crippen LogP contribution in [0.15, 0.2) is 29.3 Å². The zero-order valence-electron chi connectivity index (χ0n) is 19.1. The predicted octanol–water partition coefficient (Wildman–Crippen LogP) is 7.48. The van der Waals surface area contributed by atoms with E-state index in [0.717, 1.165) is 35.7 Å². The van der Waals surface area contributed by atoms with Crippen molar-refractivity contribution in [1.29, 1.82) is 0 Å². The summed E-state index contributed by atoms with van der Waals surface area (Å²) in [6.45, 7) is 5.38. The normalized spacial score (nSPS) is 26.4. The number of hydrogen-bond acceptors (Lipinski definition) is 3. The molecule has 1 aliphatic carbocycles. The maximum Gasteiger partial charge on any atom is 0.179 e. The zero-order chi connectivity index (χ0) is 22.1. The van der Waals surface area contributed by atoms with Crippen LogP contribution in [0.1, 0.15) is 78.1 Å². The van der Waals surface area contributed by atoms with E-state index in [1.807, 2.05) is 6.07 Å². The molecule has 3 rings (SSSR count). The molecular weight excluding hydrogens is 425 g/mol. The smallest absolute Gasteiger partial charge is 0.179 e. The number of hydrogen-bond donors (Lipinski definition) is 1. The van der Waals surface area contributed by atoms with Crippen molar-refractivity contribution in [2.75, 3.05) is 17.6 Å². The summed E-state index contributed by atoms with van der Waals surface area (Å²) in [4.78, 5) is 7.00. The Hall–Kier alpha value is -1.14. The molecule has 1 aromatic carbocycles. The van der Waals surface area contributed by atoms with Crippen molar-refractivity contribution in [1.82, 2.24) is 4.90 Å². The lowest BCUT2D eigenvalue weighted by Crippen LogP contribution is -2.40. The summed E-state index contributed by atoms with van der Waals surface area (Å²) in [6.07, 6.45) is 13.7. The van der Waals surface area contributed by atoms with Gasteiger partial charge in [-0.3, -0.25) is 9.89 Å². The van der Waals surface area contributed by atoms with E-state index >= 15 is 0 Å². The maximum atomic E-state index is 13.5. The lowest BCUT2D eigenvalue weighted by Gasteiger charge is -2.24. The number of nitrogens with zero attached hydrogens (tertiary/aromatic N) is 2. The number of amidine groups is 1. The first-order chi connectivity index (χ1) is 15.1. The van der Waals surface area contributed by atoms with Crippen molar-refractivity contribution in [2.45, 2.75) is 84.1 Å². The highest BCUT2D eigenvalue weighted by atomic mass is 32.2. The fourth-order valence-corrected chi connectivity index (χ4v) is 6.36. The third-order valence-electron chi connectivity index (χ3n) is 6.69. The van der Waals surface area contributed by atoms with Crippen molar-refractivity contribution in [3.05, 3.63) is 30.1 Å². The van der Waals surface area contributed by atoms with Gasteiger partial charge in [0.05, 0.1) is 0 Å². The third kappa shape index (κ3) is 7.74. The second-order valence-corrected chi connectivity index (χ2v) is 10.5. The van der Waals surface area contributed by atoms with E-state index in [-0.39, 0.29) is 11.9 Å². The van der Waals surface area contributed by atoms with Crippen LogP contribution in [-0.4, -0.2) is 33.5 Å². The second-order valence-electron chi connectivity index (χ2n) is 9.13. The molecule has 0 radical (unpaired) electrons. The molecule has 1 aliphatic heterocycles. The van der Waals surface area contributed by atoms with Crippen LogP contribution in [0.4, 0.5) is 10.1 Å². The Bertz CT molecular complexity index is 739. The molecule has 31 heavy (non-hydrogen) atoms. The topological polar surface area (TPSA) is 27.6 Å². The molecule has 0 spiro atoms. The van der Waals surface area contributed by atoms with Crippen molar-refractivity contribution in [3.63, 3.8) is 0 Å². The summed E-state index contributed by atoms with van der Waals surface area (Å²) < 4.78 is 13.5.